The molecule has 0 spiro atoms. The lowest BCUT2D eigenvalue weighted by atomic mass is 10.0. The van der Waals surface area contributed by atoms with Gasteiger partial charge in [-0.2, -0.15) is 0 Å². The summed E-state index contributed by atoms with van der Waals surface area (Å²) < 4.78 is 0. The summed E-state index contributed by atoms with van der Waals surface area (Å²) in [5, 5.41) is 3.43. The van der Waals surface area contributed by atoms with E-state index in [1.807, 2.05) is 0 Å². The van der Waals surface area contributed by atoms with Crippen LogP contribution in [0.4, 0.5) is 0 Å². The maximum absolute atomic E-state index is 3.43. The molecule has 0 saturated heterocycles. The van der Waals surface area contributed by atoms with Gasteiger partial charge in [0.25, 0.3) is 0 Å². The molecular weight excluding hydrogens is 218 g/mol. The molecule has 0 amide bonds. The van der Waals surface area contributed by atoms with Crippen molar-refractivity contribution >= 4 is 0 Å². The molecule has 0 bridgehead atoms. The Bertz CT molecular complexity index is 145. The Morgan fingerprint density at radius 1 is 0.611 bits per heavy atom. The fourth-order valence-electron chi connectivity index (χ4n) is 2.66. The lowest BCUT2D eigenvalue weighted by Crippen LogP contribution is -2.24. The van der Waals surface area contributed by atoms with Crippen molar-refractivity contribution in [3.63, 3.8) is 0 Å². The quantitative estimate of drug-likeness (QED) is 0.393. The maximum atomic E-state index is 3.43. The zero-order valence-corrected chi connectivity index (χ0v) is 13.3. The van der Waals surface area contributed by atoms with Crippen LogP contribution in [0.1, 0.15) is 97.3 Å². The predicted molar refractivity (Wildman–Crippen MR) is 84.2 cm³/mol. The van der Waals surface area contributed by atoms with Crippen molar-refractivity contribution in [3.05, 3.63) is 0 Å². The van der Waals surface area contributed by atoms with Crippen molar-refractivity contribution in [1.82, 2.24) is 5.32 Å². The van der Waals surface area contributed by atoms with Gasteiger partial charge in [-0.05, 0) is 19.9 Å². The zero-order valence-electron chi connectivity index (χ0n) is 13.3. The largest absolute Gasteiger partial charge is 0.317 e. The summed E-state index contributed by atoms with van der Waals surface area (Å²) in [5.74, 6) is 0. The molecule has 0 aliphatic heterocycles. The van der Waals surface area contributed by atoms with Gasteiger partial charge in [-0.1, -0.05) is 84.5 Å². The van der Waals surface area contributed by atoms with E-state index in [2.05, 4.69) is 26.2 Å². The minimum atomic E-state index is 0.768. The molecule has 0 aromatic rings. The number of hydrogen-bond donors (Lipinski definition) is 1. The van der Waals surface area contributed by atoms with E-state index in [1.165, 1.54) is 83.5 Å². The Labute approximate surface area is 116 Å². The van der Waals surface area contributed by atoms with Crippen molar-refractivity contribution in [3.8, 4) is 0 Å². The number of nitrogens with one attached hydrogen (secondary N) is 1. The fourth-order valence-corrected chi connectivity index (χ4v) is 2.66. The first kappa shape index (κ1) is 18.0. The Balaban J connectivity index is 3.10. The molecule has 0 heterocycles. The molecule has 0 radical (unpaired) electrons. The molecule has 0 aliphatic carbocycles. The fraction of sp³-hybridized carbons (Fsp3) is 1.00. The number of rotatable bonds is 14. The highest BCUT2D eigenvalue weighted by molar-refractivity contribution is 4.63. The molecule has 1 atom stereocenters. The van der Waals surface area contributed by atoms with Crippen LogP contribution in [0.2, 0.25) is 0 Å². The molecule has 1 nitrogen and oxygen atoms in total. The zero-order chi connectivity index (χ0) is 13.5. The first-order valence-electron chi connectivity index (χ1n) is 8.52. The van der Waals surface area contributed by atoms with Crippen LogP contribution in [-0.2, 0) is 0 Å². The molecule has 0 aliphatic rings. The van der Waals surface area contributed by atoms with Gasteiger partial charge in [0.1, 0.15) is 0 Å². The Morgan fingerprint density at radius 3 is 1.56 bits per heavy atom. The lowest BCUT2D eigenvalue weighted by Gasteiger charge is -2.14. The van der Waals surface area contributed by atoms with E-state index in [0.29, 0.717) is 0 Å². The van der Waals surface area contributed by atoms with Crippen LogP contribution in [-0.4, -0.2) is 13.1 Å². The predicted octanol–water partition coefficient (Wildman–Crippen LogP) is 5.69. The first-order chi connectivity index (χ1) is 8.85. The summed E-state index contributed by atoms with van der Waals surface area (Å²) in [6.07, 6.45) is 18.5. The SMILES string of the molecule is CCCCCCCCCCCCC(CCC)NC. The van der Waals surface area contributed by atoms with Crippen molar-refractivity contribution in [2.45, 2.75) is 103 Å². The molecule has 0 rings (SSSR count). The van der Waals surface area contributed by atoms with Crippen molar-refractivity contribution in [1.29, 1.82) is 0 Å². The van der Waals surface area contributed by atoms with Crippen LogP contribution < -0.4 is 5.32 Å². The van der Waals surface area contributed by atoms with Gasteiger partial charge < -0.3 is 5.32 Å². The van der Waals surface area contributed by atoms with Crippen LogP contribution in [0.3, 0.4) is 0 Å². The highest BCUT2D eigenvalue weighted by Crippen LogP contribution is 2.13. The van der Waals surface area contributed by atoms with E-state index in [1.54, 1.807) is 0 Å². The van der Waals surface area contributed by atoms with E-state index in [0.717, 1.165) is 6.04 Å². The van der Waals surface area contributed by atoms with Gasteiger partial charge in [0.2, 0.25) is 0 Å². The molecular formula is C17H37N. The molecule has 0 fully saturated rings. The van der Waals surface area contributed by atoms with E-state index < -0.39 is 0 Å². The third kappa shape index (κ3) is 12.4. The lowest BCUT2D eigenvalue weighted by molar-refractivity contribution is 0.452. The molecule has 0 saturated carbocycles. The highest BCUT2D eigenvalue weighted by atomic mass is 14.9. The van der Waals surface area contributed by atoms with Crippen LogP contribution in [0.25, 0.3) is 0 Å². The number of hydrogen-bond acceptors (Lipinski definition) is 1. The van der Waals surface area contributed by atoms with Gasteiger partial charge in [-0.15, -0.1) is 0 Å². The van der Waals surface area contributed by atoms with E-state index >= 15 is 0 Å². The van der Waals surface area contributed by atoms with Gasteiger partial charge in [-0.25, -0.2) is 0 Å². The van der Waals surface area contributed by atoms with Crippen molar-refractivity contribution in [2.24, 2.45) is 0 Å². The minimum Gasteiger partial charge on any atom is -0.317 e. The van der Waals surface area contributed by atoms with E-state index in [9.17, 15) is 0 Å². The summed E-state index contributed by atoms with van der Waals surface area (Å²) in [6, 6.07) is 0.768. The molecule has 1 N–H and O–H groups in total. The average molecular weight is 255 g/mol. The number of unbranched alkanes of at least 4 members (excludes halogenated alkanes) is 9. The molecule has 18 heavy (non-hydrogen) atoms. The second-order valence-corrected chi connectivity index (χ2v) is 5.74. The summed E-state index contributed by atoms with van der Waals surface area (Å²) >= 11 is 0. The van der Waals surface area contributed by atoms with Gasteiger partial charge in [0, 0.05) is 6.04 Å². The molecule has 0 aromatic carbocycles. The Hall–Kier alpha value is -0.0400. The summed E-state index contributed by atoms with van der Waals surface area (Å²) in [5.41, 5.74) is 0. The van der Waals surface area contributed by atoms with Crippen LogP contribution in [0, 0.1) is 0 Å². The second-order valence-electron chi connectivity index (χ2n) is 5.74. The third-order valence-corrected chi connectivity index (χ3v) is 3.95. The topological polar surface area (TPSA) is 12.0 Å². The summed E-state index contributed by atoms with van der Waals surface area (Å²) in [7, 11) is 2.11. The molecule has 110 valence electrons. The maximum Gasteiger partial charge on any atom is 0.00639 e. The standard InChI is InChI=1S/C17H37N/c1-4-6-7-8-9-10-11-12-13-14-16-17(18-3)15-5-2/h17-18H,4-16H2,1-3H3. The van der Waals surface area contributed by atoms with Crippen molar-refractivity contribution < 1.29 is 0 Å². The minimum absolute atomic E-state index is 0.768. The average Bonchev–Trinajstić information content (AvgIpc) is 2.39. The van der Waals surface area contributed by atoms with Crippen molar-refractivity contribution in [2.75, 3.05) is 7.05 Å². The van der Waals surface area contributed by atoms with Gasteiger partial charge in [-0.3, -0.25) is 0 Å². The highest BCUT2D eigenvalue weighted by Gasteiger charge is 2.03. The molecule has 0 aromatic heterocycles. The molecule has 1 heteroatoms. The first-order valence-corrected chi connectivity index (χ1v) is 8.52. The van der Waals surface area contributed by atoms with E-state index in [4.69, 9.17) is 0 Å². The molecule has 1 unspecified atom stereocenters. The van der Waals surface area contributed by atoms with Crippen LogP contribution in [0.15, 0.2) is 0 Å². The summed E-state index contributed by atoms with van der Waals surface area (Å²) in [4.78, 5) is 0. The van der Waals surface area contributed by atoms with Crippen LogP contribution in [0.5, 0.6) is 0 Å². The Morgan fingerprint density at radius 2 is 1.11 bits per heavy atom. The second kappa shape index (κ2) is 15.0. The van der Waals surface area contributed by atoms with Crippen LogP contribution >= 0.6 is 0 Å². The van der Waals surface area contributed by atoms with Gasteiger partial charge in [0.15, 0.2) is 0 Å². The normalized spacial score (nSPS) is 12.8. The Kier molecular flexibility index (Phi) is 15.0. The smallest absolute Gasteiger partial charge is 0.00639 e. The monoisotopic (exact) mass is 255 g/mol. The summed E-state index contributed by atoms with van der Waals surface area (Å²) in [6.45, 7) is 4.57. The third-order valence-electron chi connectivity index (χ3n) is 3.95. The van der Waals surface area contributed by atoms with E-state index in [-0.39, 0.29) is 0 Å². The van der Waals surface area contributed by atoms with Gasteiger partial charge in [0.05, 0.1) is 0 Å². The van der Waals surface area contributed by atoms with Gasteiger partial charge >= 0.3 is 0 Å².